The lowest BCUT2D eigenvalue weighted by atomic mass is 10.1. The Morgan fingerprint density at radius 3 is 2.55 bits per heavy atom. The summed E-state index contributed by atoms with van der Waals surface area (Å²) in [5.41, 5.74) is 1.32. The van der Waals surface area contributed by atoms with Crippen LogP contribution >= 0.6 is 11.8 Å². The van der Waals surface area contributed by atoms with Crippen molar-refractivity contribution in [2.45, 2.75) is 17.0 Å². The molecule has 0 unspecified atom stereocenters. The number of hydrogen-bond donors (Lipinski definition) is 0. The molecular weight excluding hydrogens is 315 g/mol. The van der Waals surface area contributed by atoms with E-state index in [-0.39, 0.29) is 0 Å². The van der Waals surface area contributed by atoms with Gasteiger partial charge in [0.1, 0.15) is 11.4 Å². The first-order chi connectivity index (χ1) is 10.4. The fourth-order valence-electron chi connectivity index (χ4n) is 1.88. The number of alkyl halides is 3. The van der Waals surface area contributed by atoms with Crippen LogP contribution in [0.4, 0.5) is 13.2 Å². The van der Waals surface area contributed by atoms with E-state index in [4.69, 9.17) is 0 Å². The summed E-state index contributed by atoms with van der Waals surface area (Å²) in [6.07, 6.45) is -2.90. The average molecular weight is 325 g/mol. The molecule has 3 aromatic rings. The Labute approximate surface area is 127 Å². The zero-order valence-electron chi connectivity index (χ0n) is 11.4. The third-order valence-electron chi connectivity index (χ3n) is 3.01. The maximum Gasteiger partial charge on any atom is 0.416 e. The van der Waals surface area contributed by atoms with Crippen molar-refractivity contribution in [2.75, 3.05) is 0 Å². The first-order valence-corrected chi connectivity index (χ1v) is 7.23. The van der Waals surface area contributed by atoms with E-state index in [0.29, 0.717) is 21.9 Å². The Bertz CT molecular complexity index is 798. The Hall–Kier alpha value is -2.16. The van der Waals surface area contributed by atoms with Gasteiger partial charge in [0, 0.05) is 12.8 Å². The zero-order chi connectivity index (χ0) is 15.7. The molecule has 22 heavy (non-hydrogen) atoms. The zero-order valence-corrected chi connectivity index (χ0v) is 12.2. The summed E-state index contributed by atoms with van der Waals surface area (Å²) in [6.45, 7) is 0. The number of aryl methyl sites for hydroxylation is 1. The van der Waals surface area contributed by atoms with Crippen LogP contribution in [0.15, 0.2) is 35.6 Å². The van der Waals surface area contributed by atoms with Gasteiger partial charge in [0.2, 0.25) is 0 Å². The van der Waals surface area contributed by atoms with Crippen LogP contribution in [0.3, 0.4) is 0 Å². The molecule has 0 aliphatic rings. The van der Waals surface area contributed by atoms with Gasteiger partial charge in [0.25, 0.3) is 0 Å². The number of benzene rings is 1. The molecule has 2 heterocycles. The van der Waals surface area contributed by atoms with E-state index in [2.05, 4.69) is 20.3 Å². The van der Waals surface area contributed by atoms with Crippen LogP contribution in [0.5, 0.6) is 0 Å². The van der Waals surface area contributed by atoms with Crippen molar-refractivity contribution >= 4 is 22.9 Å². The molecule has 0 aliphatic heterocycles. The molecule has 0 radical (unpaired) electrons. The van der Waals surface area contributed by atoms with Crippen molar-refractivity contribution in [3.8, 4) is 0 Å². The number of hydrogen-bond acceptors (Lipinski definition) is 5. The first kappa shape index (κ1) is 14.8. The molecule has 0 spiro atoms. The van der Waals surface area contributed by atoms with Crippen molar-refractivity contribution in [1.29, 1.82) is 0 Å². The van der Waals surface area contributed by atoms with Crippen molar-refractivity contribution in [2.24, 2.45) is 7.05 Å². The minimum atomic E-state index is -4.32. The minimum absolute atomic E-state index is 0.487. The molecule has 0 amide bonds. The van der Waals surface area contributed by atoms with Crippen LogP contribution in [0, 0.1) is 0 Å². The van der Waals surface area contributed by atoms with Crippen molar-refractivity contribution in [3.63, 3.8) is 0 Å². The van der Waals surface area contributed by atoms with E-state index in [1.165, 1.54) is 30.2 Å². The van der Waals surface area contributed by atoms with Crippen LogP contribution in [-0.2, 0) is 19.0 Å². The highest BCUT2D eigenvalue weighted by Gasteiger charge is 2.29. The Kier molecular flexibility index (Phi) is 3.73. The molecule has 0 aliphatic carbocycles. The Morgan fingerprint density at radius 2 is 1.86 bits per heavy atom. The first-order valence-electron chi connectivity index (χ1n) is 6.24. The molecule has 0 saturated carbocycles. The predicted molar refractivity (Wildman–Crippen MR) is 75.1 cm³/mol. The summed E-state index contributed by atoms with van der Waals surface area (Å²) in [6, 6.07) is 5.08. The second-order valence-electron chi connectivity index (χ2n) is 4.55. The minimum Gasteiger partial charge on any atom is -0.230 e. The molecule has 3 rings (SSSR count). The van der Waals surface area contributed by atoms with Gasteiger partial charge >= 0.3 is 6.18 Å². The van der Waals surface area contributed by atoms with Gasteiger partial charge in [0.15, 0.2) is 11.2 Å². The monoisotopic (exact) mass is 325 g/mol. The second-order valence-corrected chi connectivity index (χ2v) is 5.51. The highest BCUT2D eigenvalue weighted by atomic mass is 32.2. The van der Waals surface area contributed by atoms with Crippen LogP contribution in [0.25, 0.3) is 11.2 Å². The van der Waals surface area contributed by atoms with Gasteiger partial charge in [-0.3, -0.25) is 0 Å². The average Bonchev–Trinajstić information content (AvgIpc) is 2.87. The van der Waals surface area contributed by atoms with E-state index in [1.807, 2.05) is 0 Å². The van der Waals surface area contributed by atoms with E-state index in [1.54, 1.807) is 11.7 Å². The quantitative estimate of drug-likeness (QED) is 0.547. The molecule has 5 nitrogen and oxygen atoms in total. The number of nitrogens with zero attached hydrogens (tertiary/aromatic N) is 5. The fourth-order valence-corrected chi connectivity index (χ4v) is 2.77. The third-order valence-corrected chi connectivity index (χ3v) is 4.06. The Morgan fingerprint density at radius 1 is 1.14 bits per heavy atom. The van der Waals surface area contributed by atoms with E-state index in [0.717, 1.165) is 17.7 Å². The smallest absolute Gasteiger partial charge is 0.230 e. The fraction of sp³-hybridized carbons (Fsp3) is 0.231. The van der Waals surface area contributed by atoms with Crippen LogP contribution < -0.4 is 0 Å². The van der Waals surface area contributed by atoms with E-state index in [9.17, 15) is 13.2 Å². The van der Waals surface area contributed by atoms with Crippen molar-refractivity contribution in [1.82, 2.24) is 25.0 Å². The van der Waals surface area contributed by atoms with E-state index >= 15 is 0 Å². The summed E-state index contributed by atoms with van der Waals surface area (Å²) in [7, 11) is 1.73. The maximum absolute atomic E-state index is 12.5. The largest absolute Gasteiger partial charge is 0.416 e. The molecule has 0 N–H and O–H groups in total. The van der Waals surface area contributed by atoms with Crippen LogP contribution in [0.1, 0.15) is 11.1 Å². The molecule has 1 aromatic carbocycles. The van der Waals surface area contributed by atoms with Gasteiger partial charge < -0.3 is 0 Å². The van der Waals surface area contributed by atoms with Crippen LogP contribution in [-0.4, -0.2) is 25.0 Å². The van der Waals surface area contributed by atoms with Crippen molar-refractivity contribution in [3.05, 3.63) is 41.7 Å². The highest BCUT2D eigenvalue weighted by Crippen LogP contribution is 2.30. The molecule has 9 heteroatoms. The van der Waals surface area contributed by atoms with Crippen LogP contribution in [0.2, 0.25) is 0 Å². The lowest BCUT2D eigenvalue weighted by molar-refractivity contribution is -0.137. The molecule has 2 aromatic heterocycles. The Balaban J connectivity index is 1.77. The lowest BCUT2D eigenvalue weighted by Gasteiger charge is -2.07. The normalized spacial score (nSPS) is 12.0. The summed E-state index contributed by atoms with van der Waals surface area (Å²) < 4.78 is 39.1. The van der Waals surface area contributed by atoms with Gasteiger partial charge in [0.05, 0.1) is 5.56 Å². The summed E-state index contributed by atoms with van der Waals surface area (Å²) in [5.74, 6) is 0.487. The SMILES string of the molecule is Cn1nnc2c(SCc3ccc(C(F)(F)F)cc3)ncnc21. The molecule has 114 valence electrons. The number of rotatable bonds is 3. The second kappa shape index (κ2) is 5.56. The highest BCUT2D eigenvalue weighted by molar-refractivity contribution is 7.98. The van der Waals surface area contributed by atoms with Gasteiger partial charge in [-0.25, -0.2) is 14.6 Å². The lowest BCUT2D eigenvalue weighted by Crippen LogP contribution is -2.04. The number of aromatic nitrogens is 5. The predicted octanol–water partition coefficient (Wildman–Crippen LogP) is 3.07. The van der Waals surface area contributed by atoms with Crippen molar-refractivity contribution < 1.29 is 13.2 Å². The summed E-state index contributed by atoms with van der Waals surface area (Å²) >= 11 is 1.38. The summed E-state index contributed by atoms with van der Waals surface area (Å²) in [5, 5.41) is 8.52. The molecule has 0 bridgehead atoms. The number of fused-ring (bicyclic) bond motifs is 1. The summed E-state index contributed by atoms with van der Waals surface area (Å²) in [4.78, 5) is 8.23. The third kappa shape index (κ3) is 2.89. The van der Waals surface area contributed by atoms with Gasteiger partial charge in [-0.1, -0.05) is 29.1 Å². The van der Waals surface area contributed by atoms with Gasteiger partial charge in [-0.15, -0.1) is 5.10 Å². The molecule has 0 fully saturated rings. The molecular formula is C13H10F3N5S. The number of halogens is 3. The maximum atomic E-state index is 12.5. The molecule has 0 saturated heterocycles. The van der Waals surface area contributed by atoms with E-state index < -0.39 is 11.7 Å². The number of thioether (sulfide) groups is 1. The molecule has 0 atom stereocenters. The van der Waals surface area contributed by atoms with Gasteiger partial charge in [-0.2, -0.15) is 13.2 Å². The topological polar surface area (TPSA) is 56.5 Å². The van der Waals surface area contributed by atoms with Gasteiger partial charge in [-0.05, 0) is 17.7 Å². The standard InChI is InChI=1S/C13H10F3N5S/c1-21-11-10(19-20-21)12(18-7-17-11)22-6-8-2-4-9(5-3-8)13(14,15)16/h2-5,7H,6H2,1H3.